The van der Waals surface area contributed by atoms with Gasteiger partial charge in [0.1, 0.15) is 5.56 Å². The molecule has 2 rings (SSSR count). The third-order valence-corrected chi connectivity index (χ3v) is 3.62. The second kappa shape index (κ2) is 6.73. The number of ether oxygens (including phenoxy) is 2. The van der Waals surface area contributed by atoms with Crippen LogP contribution in [0.25, 0.3) is 0 Å². The van der Waals surface area contributed by atoms with Crippen molar-refractivity contribution in [1.82, 2.24) is 5.16 Å². The van der Waals surface area contributed by atoms with Crippen molar-refractivity contribution in [2.45, 2.75) is 33.6 Å². The fourth-order valence-electron chi connectivity index (χ4n) is 2.36. The van der Waals surface area contributed by atoms with Crippen LogP contribution in [0.5, 0.6) is 11.5 Å². The summed E-state index contributed by atoms with van der Waals surface area (Å²) < 4.78 is 15.8. The van der Waals surface area contributed by atoms with E-state index in [1.807, 2.05) is 26.8 Å². The highest BCUT2D eigenvalue weighted by Gasteiger charge is 2.23. The van der Waals surface area contributed by atoms with E-state index in [1.165, 1.54) is 0 Å². The molecule has 1 aromatic carbocycles. The van der Waals surface area contributed by atoms with Crippen molar-refractivity contribution in [3.63, 3.8) is 0 Å². The molecule has 0 aliphatic heterocycles. The predicted octanol–water partition coefficient (Wildman–Crippen LogP) is 3.68. The van der Waals surface area contributed by atoms with Gasteiger partial charge in [0, 0.05) is 17.7 Å². The number of amides is 1. The molecule has 0 saturated carbocycles. The standard InChI is InChI=1S/C17H22N2O4/c1-9(2)16-15(11(4)19-23-16)17(20)18-12-8-14(22-6)13(21-5)7-10(12)3/h7-9H,1-6H3,(H,18,20). The SMILES string of the molecule is COc1cc(C)c(NC(=O)c2c(C)noc2C(C)C)cc1OC. The lowest BCUT2D eigenvalue weighted by Crippen LogP contribution is -2.15. The maximum absolute atomic E-state index is 12.6. The van der Waals surface area contributed by atoms with Crippen LogP contribution in [0.15, 0.2) is 16.7 Å². The molecule has 0 aliphatic carbocycles. The molecule has 0 aliphatic rings. The fraction of sp³-hybridized carbons (Fsp3) is 0.412. The number of hydrogen-bond donors (Lipinski definition) is 1. The van der Waals surface area contributed by atoms with Crippen molar-refractivity contribution in [2.24, 2.45) is 0 Å². The molecular formula is C17H22N2O4. The molecule has 0 fully saturated rings. The molecule has 6 heteroatoms. The average molecular weight is 318 g/mol. The minimum atomic E-state index is -0.247. The number of carbonyl (C=O) groups excluding carboxylic acids is 1. The minimum Gasteiger partial charge on any atom is -0.493 e. The van der Waals surface area contributed by atoms with Crippen molar-refractivity contribution in [1.29, 1.82) is 0 Å². The normalized spacial score (nSPS) is 10.7. The number of hydrogen-bond acceptors (Lipinski definition) is 5. The third kappa shape index (κ3) is 3.31. The Morgan fingerprint density at radius 2 is 1.78 bits per heavy atom. The Bertz CT molecular complexity index is 720. The highest BCUT2D eigenvalue weighted by molar-refractivity contribution is 6.06. The molecule has 1 aromatic heterocycles. The maximum Gasteiger partial charge on any atom is 0.261 e. The van der Waals surface area contributed by atoms with Crippen LogP contribution in [-0.2, 0) is 0 Å². The Kier molecular flexibility index (Phi) is 4.93. The summed E-state index contributed by atoms with van der Waals surface area (Å²) in [6.07, 6.45) is 0. The highest BCUT2D eigenvalue weighted by atomic mass is 16.5. The number of carbonyl (C=O) groups is 1. The van der Waals surface area contributed by atoms with Gasteiger partial charge in [-0.3, -0.25) is 4.79 Å². The van der Waals surface area contributed by atoms with Crippen molar-refractivity contribution in [2.75, 3.05) is 19.5 Å². The average Bonchev–Trinajstić information content (AvgIpc) is 2.90. The van der Waals surface area contributed by atoms with Crippen molar-refractivity contribution in [3.05, 3.63) is 34.7 Å². The monoisotopic (exact) mass is 318 g/mol. The molecule has 23 heavy (non-hydrogen) atoms. The third-order valence-electron chi connectivity index (χ3n) is 3.62. The van der Waals surface area contributed by atoms with Crippen molar-refractivity contribution >= 4 is 11.6 Å². The van der Waals surface area contributed by atoms with Gasteiger partial charge in [0.15, 0.2) is 17.3 Å². The number of rotatable bonds is 5. The maximum atomic E-state index is 12.6. The van der Waals surface area contributed by atoms with Crippen LogP contribution in [0.1, 0.15) is 47.1 Å². The molecule has 6 nitrogen and oxygen atoms in total. The molecule has 0 spiro atoms. The summed E-state index contributed by atoms with van der Waals surface area (Å²) in [5, 5.41) is 6.80. The van der Waals surface area contributed by atoms with E-state index >= 15 is 0 Å². The lowest BCUT2D eigenvalue weighted by atomic mass is 10.0. The van der Waals surface area contributed by atoms with E-state index in [0.717, 1.165) is 5.56 Å². The van der Waals surface area contributed by atoms with Crippen LogP contribution in [0.4, 0.5) is 5.69 Å². The first-order valence-corrected chi connectivity index (χ1v) is 7.39. The molecule has 0 saturated heterocycles. The van der Waals surface area contributed by atoms with E-state index in [9.17, 15) is 4.79 Å². The first-order chi connectivity index (χ1) is 10.9. The first kappa shape index (κ1) is 16.9. The van der Waals surface area contributed by atoms with Crippen molar-refractivity contribution < 1.29 is 18.8 Å². The lowest BCUT2D eigenvalue weighted by Gasteiger charge is -2.14. The minimum absolute atomic E-state index is 0.0726. The molecular weight excluding hydrogens is 296 g/mol. The Morgan fingerprint density at radius 3 is 2.35 bits per heavy atom. The molecule has 0 atom stereocenters. The molecule has 1 N–H and O–H groups in total. The fourth-order valence-corrected chi connectivity index (χ4v) is 2.36. The van der Waals surface area contributed by atoms with Crippen LogP contribution in [0.3, 0.4) is 0 Å². The summed E-state index contributed by atoms with van der Waals surface area (Å²) in [7, 11) is 3.13. The number of aromatic nitrogens is 1. The predicted molar refractivity (Wildman–Crippen MR) is 87.6 cm³/mol. The first-order valence-electron chi connectivity index (χ1n) is 7.39. The number of nitrogens with one attached hydrogen (secondary N) is 1. The van der Waals surface area contributed by atoms with Crippen LogP contribution in [-0.4, -0.2) is 25.3 Å². The zero-order valence-corrected chi connectivity index (χ0v) is 14.3. The summed E-state index contributed by atoms with van der Waals surface area (Å²) in [5.74, 6) is 1.58. The van der Waals surface area contributed by atoms with Crippen LogP contribution in [0, 0.1) is 13.8 Å². The Balaban J connectivity index is 2.36. The molecule has 1 amide bonds. The van der Waals surface area contributed by atoms with Crippen molar-refractivity contribution in [3.8, 4) is 11.5 Å². The molecule has 0 bridgehead atoms. The van der Waals surface area contributed by atoms with E-state index in [0.29, 0.717) is 34.2 Å². The van der Waals surface area contributed by atoms with E-state index in [-0.39, 0.29) is 11.8 Å². The highest BCUT2D eigenvalue weighted by Crippen LogP contribution is 2.33. The zero-order valence-electron chi connectivity index (χ0n) is 14.3. The Morgan fingerprint density at radius 1 is 1.17 bits per heavy atom. The Hall–Kier alpha value is -2.50. The summed E-state index contributed by atoms with van der Waals surface area (Å²) in [5.41, 5.74) is 2.58. The quantitative estimate of drug-likeness (QED) is 0.910. The van der Waals surface area contributed by atoms with E-state index < -0.39 is 0 Å². The Labute approximate surface area is 135 Å². The molecule has 0 radical (unpaired) electrons. The topological polar surface area (TPSA) is 73.6 Å². The van der Waals surface area contributed by atoms with Gasteiger partial charge in [-0.25, -0.2) is 0 Å². The summed E-state index contributed by atoms with van der Waals surface area (Å²) in [6, 6.07) is 3.56. The largest absolute Gasteiger partial charge is 0.493 e. The number of aryl methyl sites for hydroxylation is 2. The van der Waals surface area contributed by atoms with Gasteiger partial charge in [-0.15, -0.1) is 0 Å². The molecule has 2 aromatic rings. The number of benzene rings is 1. The van der Waals surface area contributed by atoms with Crippen LogP contribution in [0.2, 0.25) is 0 Å². The molecule has 124 valence electrons. The molecule has 0 unspecified atom stereocenters. The summed E-state index contributed by atoms with van der Waals surface area (Å²) in [6.45, 7) is 7.56. The van der Waals surface area contributed by atoms with Gasteiger partial charge in [0.2, 0.25) is 0 Å². The van der Waals surface area contributed by atoms with Gasteiger partial charge in [-0.05, 0) is 25.5 Å². The van der Waals surface area contributed by atoms with E-state index in [2.05, 4.69) is 10.5 Å². The van der Waals surface area contributed by atoms with Gasteiger partial charge in [0.25, 0.3) is 5.91 Å². The summed E-state index contributed by atoms with van der Waals surface area (Å²) >= 11 is 0. The lowest BCUT2D eigenvalue weighted by molar-refractivity contribution is 0.102. The second-order valence-electron chi connectivity index (χ2n) is 5.64. The van der Waals surface area contributed by atoms with Gasteiger partial charge in [0.05, 0.1) is 19.9 Å². The van der Waals surface area contributed by atoms with Crippen LogP contribution < -0.4 is 14.8 Å². The van der Waals surface area contributed by atoms with Crippen LogP contribution >= 0.6 is 0 Å². The number of methoxy groups -OCH3 is 2. The van der Waals surface area contributed by atoms with Gasteiger partial charge >= 0.3 is 0 Å². The van der Waals surface area contributed by atoms with Gasteiger partial charge < -0.3 is 19.3 Å². The van der Waals surface area contributed by atoms with E-state index in [4.69, 9.17) is 14.0 Å². The molecule has 1 heterocycles. The zero-order chi connectivity index (χ0) is 17.1. The summed E-state index contributed by atoms with van der Waals surface area (Å²) in [4.78, 5) is 12.6. The van der Waals surface area contributed by atoms with E-state index in [1.54, 1.807) is 27.2 Å². The second-order valence-corrected chi connectivity index (χ2v) is 5.64. The van der Waals surface area contributed by atoms with Gasteiger partial charge in [-0.2, -0.15) is 0 Å². The smallest absolute Gasteiger partial charge is 0.261 e. The number of anilines is 1. The van der Waals surface area contributed by atoms with Gasteiger partial charge in [-0.1, -0.05) is 19.0 Å². The number of nitrogens with zero attached hydrogens (tertiary/aromatic N) is 1.